The number of aromatic carboxylic acids is 1. The first-order valence-corrected chi connectivity index (χ1v) is 5.12. The largest absolute Gasteiger partial charge is 0.478 e. The van der Waals surface area contributed by atoms with Crippen molar-refractivity contribution in [3.63, 3.8) is 0 Å². The molecule has 0 saturated heterocycles. The van der Waals surface area contributed by atoms with Gasteiger partial charge >= 0.3 is 5.97 Å². The lowest BCUT2D eigenvalue weighted by atomic mass is 9.78. The summed E-state index contributed by atoms with van der Waals surface area (Å²) in [7, 11) is 0. The minimum atomic E-state index is -0.862. The van der Waals surface area contributed by atoms with Gasteiger partial charge in [0, 0.05) is 12.2 Å². The van der Waals surface area contributed by atoms with E-state index in [9.17, 15) is 4.79 Å². The fourth-order valence-corrected chi connectivity index (χ4v) is 2.04. The van der Waals surface area contributed by atoms with Gasteiger partial charge in [0.25, 0.3) is 0 Å². The van der Waals surface area contributed by atoms with E-state index in [0.717, 1.165) is 24.2 Å². The Bertz CT molecular complexity index is 410. The molecule has 0 saturated carbocycles. The van der Waals surface area contributed by atoms with Crippen molar-refractivity contribution in [2.45, 2.75) is 25.7 Å². The number of carboxylic acids is 1. The van der Waals surface area contributed by atoms with Crippen molar-refractivity contribution in [1.29, 1.82) is 0 Å². The van der Waals surface area contributed by atoms with Crippen LogP contribution in [0.4, 0.5) is 5.69 Å². The molecule has 0 fully saturated rings. The molecule has 1 aromatic carbocycles. The summed E-state index contributed by atoms with van der Waals surface area (Å²) >= 11 is 0. The van der Waals surface area contributed by atoms with E-state index >= 15 is 0 Å². The Morgan fingerprint density at radius 2 is 2.20 bits per heavy atom. The van der Waals surface area contributed by atoms with Crippen LogP contribution in [0.2, 0.25) is 0 Å². The lowest BCUT2D eigenvalue weighted by Gasteiger charge is -2.33. The summed E-state index contributed by atoms with van der Waals surface area (Å²) in [6, 6.07) is 5.29. The van der Waals surface area contributed by atoms with Gasteiger partial charge in [-0.2, -0.15) is 0 Å². The van der Waals surface area contributed by atoms with Crippen LogP contribution < -0.4 is 5.32 Å². The summed E-state index contributed by atoms with van der Waals surface area (Å²) in [5.74, 6) is -0.862. The van der Waals surface area contributed by atoms with E-state index in [2.05, 4.69) is 19.2 Å². The number of hydrogen-bond donors (Lipinski definition) is 2. The molecule has 0 bridgehead atoms. The average Bonchev–Trinajstić information content (AvgIpc) is 2.17. The van der Waals surface area contributed by atoms with Crippen molar-refractivity contribution in [3.8, 4) is 0 Å². The van der Waals surface area contributed by atoms with E-state index in [-0.39, 0.29) is 5.41 Å². The molecular formula is C12H15NO2. The second kappa shape index (κ2) is 3.26. The van der Waals surface area contributed by atoms with Gasteiger partial charge in [-0.1, -0.05) is 13.8 Å². The Hall–Kier alpha value is -1.51. The van der Waals surface area contributed by atoms with Crippen LogP contribution in [-0.2, 0) is 5.41 Å². The van der Waals surface area contributed by atoms with E-state index in [0.29, 0.717) is 5.56 Å². The second-order valence-corrected chi connectivity index (χ2v) is 4.63. The third-order valence-corrected chi connectivity index (χ3v) is 3.06. The van der Waals surface area contributed by atoms with E-state index in [1.165, 1.54) is 0 Å². The molecule has 2 N–H and O–H groups in total. The van der Waals surface area contributed by atoms with Gasteiger partial charge in [0.15, 0.2) is 0 Å². The molecule has 0 atom stereocenters. The zero-order valence-electron chi connectivity index (χ0n) is 9.00. The van der Waals surface area contributed by atoms with E-state index in [1.807, 2.05) is 6.07 Å². The molecule has 3 heteroatoms. The number of fused-ring (bicyclic) bond motifs is 1. The summed E-state index contributed by atoms with van der Waals surface area (Å²) in [6.07, 6.45) is 1.03. The Balaban J connectivity index is 2.53. The zero-order valence-corrected chi connectivity index (χ0v) is 9.00. The fraction of sp³-hybridized carbons (Fsp3) is 0.417. The monoisotopic (exact) mass is 205 g/mol. The molecule has 1 aliphatic heterocycles. The molecule has 1 heterocycles. The predicted molar refractivity (Wildman–Crippen MR) is 59.5 cm³/mol. The molecule has 80 valence electrons. The summed E-state index contributed by atoms with van der Waals surface area (Å²) in [5, 5.41) is 12.2. The van der Waals surface area contributed by atoms with E-state index in [4.69, 9.17) is 5.11 Å². The number of rotatable bonds is 1. The van der Waals surface area contributed by atoms with Gasteiger partial charge < -0.3 is 10.4 Å². The summed E-state index contributed by atoms with van der Waals surface area (Å²) < 4.78 is 0. The van der Waals surface area contributed by atoms with Crippen molar-refractivity contribution in [2.75, 3.05) is 11.9 Å². The second-order valence-electron chi connectivity index (χ2n) is 4.63. The molecular weight excluding hydrogens is 190 g/mol. The van der Waals surface area contributed by atoms with Gasteiger partial charge in [0.1, 0.15) is 0 Å². The Morgan fingerprint density at radius 1 is 1.47 bits per heavy atom. The zero-order chi connectivity index (χ0) is 11.1. The molecule has 3 nitrogen and oxygen atoms in total. The van der Waals surface area contributed by atoms with Crippen LogP contribution in [-0.4, -0.2) is 17.6 Å². The van der Waals surface area contributed by atoms with E-state index < -0.39 is 5.97 Å². The van der Waals surface area contributed by atoms with Crippen LogP contribution in [0.3, 0.4) is 0 Å². The third-order valence-electron chi connectivity index (χ3n) is 3.06. The van der Waals surface area contributed by atoms with Crippen LogP contribution in [0.5, 0.6) is 0 Å². The maximum atomic E-state index is 10.9. The standard InChI is InChI=1S/C12H15NO2/c1-12(2)5-6-13-10-4-3-8(11(14)15)7-9(10)12/h3-4,7,13H,5-6H2,1-2H3,(H,14,15). The molecule has 15 heavy (non-hydrogen) atoms. The molecule has 0 unspecified atom stereocenters. The van der Waals surface area contributed by atoms with Crippen LogP contribution >= 0.6 is 0 Å². The van der Waals surface area contributed by atoms with Gasteiger partial charge in [-0.05, 0) is 35.6 Å². The average molecular weight is 205 g/mol. The first kappa shape index (κ1) is 10.0. The van der Waals surface area contributed by atoms with Crippen LogP contribution in [0.15, 0.2) is 18.2 Å². The maximum Gasteiger partial charge on any atom is 0.335 e. The molecule has 1 aromatic rings. The minimum absolute atomic E-state index is 0.0616. The normalized spacial score (nSPS) is 17.7. The molecule has 0 aromatic heterocycles. The third kappa shape index (κ3) is 1.69. The van der Waals surface area contributed by atoms with Crippen molar-refractivity contribution in [3.05, 3.63) is 29.3 Å². The van der Waals surface area contributed by atoms with Gasteiger partial charge in [0.2, 0.25) is 0 Å². The Kier molecular flexibility index (Phi) is 2.18. The minimum Gasteiger partial charge on any atom is -0.478 e. The number of nitrogens with one attached hydrogen (secondary N) is 1. The Labute approximate surface area is 89.1 Å². The molecule has 0 amide bonds. The SMILES string of the molecule is CC1(C)CCNc2ccc(C(=O)O)cc21. The quantitative estimate of drug-likeness (QED) is 0.740. The smallest absolute Gasteiger partial charge is 0.335 e. The lowest BCUT2D eigenvalue weighted by Crippen LogP contribution is -2.28. The first-order valence-electron chi connectivity index (χ1n) is 5.12. The summed E-state index contributed by atoms with van der Waals surface area (Å²) in [6.45, 7) is 5.25. The highest BCUT2D eigenvalue weighted by Gasteiger charge is 2.27. The lowest BCUT2D eigenvalue weighted by molar-refractivity contribution is 0.0696. The highest BCUT2D eigenvalue weighted by Crippen LogP contribution is 2.36. The van der Waals surface area contributed by atoms with Crippen LogP contribution in [0, 0.1) is 0 Å². The van der Waals surface area contributed by atoms with Crippen molar-refractivity contribution in [1.82, 2.24) is 0 Å². The summed E-state index contributed by atoms with van der Waals surface area (Å²) in [4.78, 5) is 10.9. The predicted octanol–water partition coefficient (Wildman–Crippen LogP) is 2.48. The van der Waals surface area contributed by atoms with Crippen molar-refractivity contribution >= 4 is 11.7 Å². The fourth-order valence-electron chi connectivity index (χ4n) is 2.04. The van der Waals surface area contributed by atoms with Crippen LogP contribution in [0.1, 0.15) is 36.2 Å². The Morgan fingerprint density at radius 3 is 2.87 bits per heavy atom. The summed E-state index contributed by atoms with van der Waals surface area (Å²) in [5.41, 5.74) is 2.60. The molecule has 2 rings (SSSR count). The first-order chi connectivity index (χ1) is 7.00. The molecule has 0 radical (unpaired) electrons. The van der Waals surface area contributed by atoms with Gasteiger partial charge in [0.05, 0.1) is 5.56 Å². The van der Waals surface area contributed by atoms with E-state index in [1.54, 1.807) is 12.1 Å². The topological polar surface area (TPSA) is 49.3 Å². The molecule has 1 aliphatic rings. The number of anilines is 1. The van der Waals surface area contributed by atoms with Crippen molar-refractivity contribution in [2.24, 2.45) is 0 Å². The number of carboxylic acid groups (broad SMARTS) is 1. The highest BCUT2D eigenvalue weighted by molar-refractivity contribution is 5.88. The highest BCUT2D eigenvalue weighted by atomic mass is 16.4. The number of carbonyl (C=O) groups is 1. The molecule has 0 spiro atoms. The van der Waals surface area contributed by atoms with Crippen molar-refractivity contribution < 1.29 is 9.90 Å². The van der Waals surface area contributed by atoms with Gasteiger partial charge in [-0.3, -0.25) is 0 Å². The van der Waals surface area contributed by atoms with Gasteiger partial charge in [-0.15, -0.1) is 0 Å². The van der Waals surface area contributed by atoms with Crippen LogP contribution in [0.25, 0.3) is 0 Å². The van der Waals surface area contributed by atoms with Gasteiger partial charge in [-0.25, -0.2) is 4.79 Å². The number of hydrogen-bond acceptors (Lipinski definition) is 2. The number of benzene rings is 1. The molecule has 0 aliphatic carbocycles. The maximum absolute atomic E-state index is 10.9.